The van der Waals surface area contributed by atoms with Crippen molar-refractivity contribution in [1.82, 2.24) is 20.6 Å². The molecule has 1 fully saturated rings. The van der Waals surface area contributed by atoms with Gasteiger partial charge in [-0.25, -0.2) is 4.98 Å². The molecule has 0 spiro atoms. The highest BCUT2D eigenvalue weighted by Gasteiger charge is 2.20. The monoisotopic (exact) mass is 263 g/mol. The lowest BCUT2D eigenvalue weighted by molar-refractivity contribution is -0.123. The summed E-state index contributed by atoms with van der Waals surface area (Å²) < 4.78 is 0. The second kappa shape index (κ2) is 6.79. The molecule has 1 atom stereocenters. The maximum atomic E-state index is 11.7. The van der Waals surface area contributed by atoms with Crippen molar-refractivity contribution in [3.8, 4) is 0 Å². The summed E-state index contributed by atoms with van der Waals surface area (Å²) in [7, 11) is 0. The van der Waals surface area contributed by atoms with Gasteiger partial charge in [0, 0.05) is 18.9 Å². The Hall–Kier alpha value is -2.02. The molecule has 1 aromatic rings. The molecule has 1 aliphatic rings. The number of rotatable bonds is 4. The molecule has 0 unspecified atom stereocenters. The van der Waals surface area contributed by atoms with Gasteiger partial charge >= 0.3 is 0 Å². The molecule has 3 N–H and O–H groups in total. The highest BCUT2D eigenvalue weighted by atomic mass is 16.2. The Morgan fingerprint density at radius 1 is 1.42 bits per heavy atom. The standard InChI is InChI=1S/C12H17N5O2/c18-11(17-10-7-13-5-6-14-10)8-16-9-3-1-2-4-15-12(9)19/h5-7,9,16H,1-4,8H2,(H,15,19)(H,14,17,18)/t9-/m0/s1. The first-order chi connectivity index (χ1) is 9.25. The predicted molar refractivity (Wildman–Crippen MR) is 69.3 cm³/mol. The summed E-state index contributed by atoms with van der Waals surface area (Å²) in [5.41, 5.74) is 0. The topological polar surface area (TPSA) is 96.0 Å². The third-order valence-electron chi connectivity index (χ3n) is 2.87. The smallest absolute Gasteiger partial charge is 0.239 e. The quantitative estimate of drug-likeness (QED) is 0.691. The van der Waals surface area contributed by atoms with Gasteiger partial charge in [-0.15, -0.1) is 0 Å². The molecule has 0 saturated carbocycles. The molecule has 7 nitrogen and oxygen atoms in total. The minimum absolute atomic E-state index is 0.0372. The van der Waals surface area contributed by atoms with Crippen molar-refractivity contribution in [2.24, 2.45) is 0 Å². The zero-order chi connectivity index (χ0) is 13.5. The van der Waals surface area contributed by atoms with E-state index in [9.17, 15) is 9.59 Å². The fourth-order valence-corrected chi connectivity index (χ4v) is 1.90. The highest BCUT2D eigenvalue weighted by Crippen LogP contribution is 2.05. The Morgan fingerprint density at radius 2 is 2.32 bits per heavy atom. The summed E-state index contributed by atoms with van der Waals surface area (Å²) in [5.74, 6) is 0.127. The number of anilines is 1. The summed E-state index contributed by atoms with van der Waals surface area (Å²) in [4.78, 5) is 31.1. The first kappa shape index (κ1) is 13.4. The maximum absolute atomic E-state index is 11.7. The molecule has 7 heteroatoms. The largest absolute Gasteiger partial charge is 0.355 e. The van der Waals surface area contributed by atoms with Gasteiger partial charge < -0.3 is 10.6 Å². The van der Waals surface area contributed by atoms with Crippen LogP contribution in [0, 0.1) is 0 Å². The Morgan fingerprint density at radius 3 is 3.11 bits per heavy atom. The number of hydrogen-bond acceptors (Lipinski definition) is 5. The van der Waals surface area contributed by atoms with Crippen LogP contribution < -0.4 is 16.0 Å². The molecular formula is C12H17N5O2. The van der Waals surface area contributed by atoms with Crippen molar-refractivity contribution >= 4 is 17.6 Å². The maximum Gasteiger partial charge on any atom is 0.239 e. The summed E-state index contributed by atoms with van der Waals surface area (Å²) in [6.07, 6.45) is 7.21. The van der Waals surface area contributed by atoms with Crippen LogP contribution in [0.5, 0.6) is 0 Å². The number of carbonyl (C=O) groups is 2. The van der Waals surface area contributed by atoms with Crippen LogP contribution in [0.25, 0.3) is 0 Å². The van der Waals surface area contributed by atoms with E-state index < -0.39 is 0 Å². The van der Waals surface area contributed by atoms with Gasteiger partial charge in [0.1, 0.15) is 0 Å². The SMILES string of the molecule is O=C(CN[C@H]1CCCCNC1=O)Nc1cnccn1. The second-order valence-corrected chi connectivity index (χ2v) is 4.36. The van der Waals surface area contributed by atoms with Crippen molar-refractivity contribution in [3.05, 3.63) is 18.6 Å². The van der Waals surface area contributed by atoms with Gasteiger partial charge in [0.25, 0.3) is 0 Å². The normalized spacial score (nSPS) is 19.4. The zero-order valence-electron chi connectivity index (χ0n) is 10.6. The molecule has 2 amide bonds. The summed E-state index contributed by atoms with van der Waals surface area (Å²) in [5, 5.41) is 8.38. The minimum atomic E-state index is -0.296. The second-order valence-electron chi connectivity index (χ2n) is 4.36. The van der Waals surface area contributed by atoms with E-state index in [1.807, 2.05) is 0 Å². The average molecular weight is 263 g/mol. The molecule has 2 heterocycles. The molecule has 0 bridgehead atoms. The van der Waals surface area contributed by atoms with Crippen molar-refractivity contribution in [3.63, 3.8) is 0 Å². The van der Waals surface area contributed by atoms with E-state index in [-0.39, 0.29) is 24.4 Å². The fraction of sp³-hybridized carbons (Fsp3) is 0.500. The van der Waals surface area contributed by atoms with E-state index in [0.29, 0.717) is 12.4 Å². The van der Waals surface area contributed by atoms with E-state index in [2.05, 4.69) is 25.9 Å². The lowest BCUT2D eigenvalue weighted by Crippen LogP contribution is -2.45. The molecule has 102 valence electrons. The van der Waals surface area contributed by atoms with Crippen LogP contribution in [0.3, 0.4) is 0 Å². The van der Waals surface area contributed by atoms with Crippen molar-refractivity contribution in [1.29, 1.82) is 0 Å². The van der Waals surface area contributed by atoms with Crippen LogP contribution in [0.15, 0.2) is 18.6 Å². The van der Waals surface area contributed by atoms with Crippen molar-refractivity contribution in [2.75, 3.05) is 18.4 Å². The number of carbonyl (C=O) groups excluding carboxylic acids is 2. The Bertz CT molecular complexity index is 437. The summed E-state index contributed by atoms with van der Waals surface area (Å²) in [6, 6.07) is -0.296. The van der Waals surface area contributed by atoms with E-state index >= 15 is 0 Å². The fourth-order valence-electron chi connectivity index (χ4n) is 1.90. The number of nitrogens with zero attached hydrogens (tertiary/aromatic N) is 2. The summed E-state index contributed by atoms with van der Waals surface area (Å²) >= 11 is 0. The highest BCUT2D eigenvalue weighted by molar-refractivity contribution is 5.91. The Kier molecular flexibility index (Phi) is 4.79. The molecular weight excluding hydrogens is 246 g/mol. The van der Waals surface area contributed by atoms with Crippen molar-refractivity contribution in [2.45, 2.75) is 25.3 Å². The average Bonchev–Trinajstić information content (AvgIpc) is 2.62. The zero-order valence-corrected chi connectivity index (χ0v) is 10.6. The number of nitrogens with one attached hydrogen (secondary N) is 3. The predicted octanol–water partition coefficient (Wildman–Crippen LogP) is -0.327. The number of amides is 2. The molecule has 0 aromatic carbocycles. The lowest BCUT2D eigenvalue weighted by Gasteiger charge is -2.14. The van der Waals surface area contributed by atoms with E-state index in [4.69, 9.17) is 0 Å². The minimum Gasteiger partial charge on any atom is -0.355 e. The van der Waals surface area contributed by atoms with Gasteiger partial charge in [0.2, 0.25) is 11.8 Å². The van der Waals surface area contributed by atoms with Crippen LogP contribution >= 0.6 is 0 Å². The van der Waals surface area contributed by atoms with Gasteiger partial charge in [-0.2, -0.15) is 0 Å². The third-order valence-corrected chi connectivity index (χ3v) is 2.87. The molecule has 1 aromatic heterocycles. The molecule has 0 aliphatic carbocycles. The van der Waals surface area contributed by atoms with Crippen LogP contribution in [0.4, 0.5) is 5.82 Å². The molecule has 1 aliphatic heterocycles. The van der Waals surface area contributed by atoms with Gasteiger partial charge in [-0.1, -0.05) is 0 Å². The van der Waals surface area contributed by atoms with Crippen LogP contribution in [-0.2, 0) is 9.59 Å². The summed E-state index contributed by atoms with van der Waals surface area (Å²) in [6.45, 7) is 0.789. The molecule has 2 rings (SSSR count). The lowest BCUT2D eigenvalue weighted by atomic mass is 10.1. The van der Waals surface area contributed by atoms with Crippen molar-refractivity contribution < 1.29 is 9.59 Å². The molecule has 0 radical (unpaired) electrons. The van der Waals surface area contributed by atoms with Crippen LogP contribution in [0.2, 0.25) is 0 Å². The first-order valence-corrected chi connectivity index (χ1v) is 6.32. The molecule has 1 saturated heterocycles. The number of hydrogen-bond donors (Lipinski definition) is 3. The van der Waals surface area contributed by atoms with Crippen LogP contribution in [0.1, 0.15) is 19.3 Å². The Balaban J connectivity index is 1.78. The number of aromatic nitrogens is 2. The van der Waals surface area contributed by atoms with Gasteiger partial charge in [0.05, 0.1) is 18.8 Å². The van der Waals surface area contributed by atoms with E-state index in [1.165, 1.54) is 18.6 Å². The van der Waals surface area contributed by atoms with Gasteiger partial charge in [-0.05, 0) is 19.3 Å². The molecule has 19 heavy (non-hydrogen) atoms. The van der Waals surface area contributed by atoms with E-state index in [0.717, 1.165) is 19.3 Å². The van der Waals surface area contributed by atoms with Gasteiger partial charge in [0.15, 0.2) is 5.82 Å². The third kappa shape index (κ3) is 4.29. The van der Waals surface area contributed by atoms with E-state index in [1.54, 1.807) is 0 Å². The first-order valence-electron chi connectivity index (χ1n) is 6.32. The van der Waals surface area contributed by atoms with Gasteiger partial charge in [-0.3, -0.25) is 19.9 Å². The van der Waals surface area contributed by atoms with Crippen LogP contribution in [-0.4, -0.2) is 40.9 Å². The Labute approximate surface area is 111 Å².